The van der Waals surface area contributed by atoms with Gasteiger partial charge in [0.25, 0.3) is 0 Å². The van der Waals surface area contributed by atoms with Gasteiger partial charge in [0, 0.05) is 18.6 Å². The first-order valence-electron chi connectivity index (χ1n) is 9.74. The van der Waals surface area contributed by atoms with Crippen molar-refractivity contribution in [2.24, 2.45) is 0 Å². The number of nitrogens with zero attached hydrogens (tertiary/aromatic N) is 3. The van der Waals surface area contributed by atoms with Crippen molar-refractivity contribution in [2.75, 3.05) is 6.54 Å². The van der Waals surface area contributed by atoms with Crippen LogP contribution in [0.15, 0.2) is 54.9 Å². The minimum atomic E-state index is 0.566. The van der Waals surface area contributed by atoms with E-state index < -0.39 is 0 Å². The number of imidazole rings is 1. The number of aryl methyl sites for hydroxylation is 1. The fourth-order valence-corrected chi connectivity index (χ4v) is 3.77. The summed E-state index contributed by atoms with van der Waals surface area (Å²) in [6.07, 6.45) is 2.28. The Kier molecular flexibility index (Phi) is 5.77. The lowest BCUT2D eigenvalue weighted by molar-refractivity contribution is -0.663. The molecular formula is C23H32N3+. The van der Waals surface area contributed by atoms with Crippen LogP contribution in [0, 0.1) is 6.92 Å². The maximum absolute atomic E-state index is 2.55. The van der Waals surface area contributed by atoms with Gasteiger partial charge in [0.1, 0.15) is 13.1 Å². The van der Waals surface area contributed by atoms with Gasteiger partial charge in [0.2, 0.25) is 6.33 Å². The molecule has 3 nitrogen and oxygen atoms in total. The van der Waals surface area contributed by atoms with Crippen molar-refractivity contribution in [3.63, 3.8) is 0 Å². The van der Waals surface area contributed by atoms with E-state index in [0.717, 1.165) is 19.6 Å². The molecule has 0 unspecified atom stereocenters. The number of hydrogen-bond donors (Lipinski definition) is 0. The van der Waals surface area contributed by atoms with Gasteiger partial charge < -0.3 is 0 Å². The van der Waals surface area contributed by atoms with Crippen LogP contribution in [-0.2, 0) is 13.1 Å². The molecule has 0 aliphatic heterocycles. The van der Waals surface area contributed by atoms with Gasteiger partial charge in [0.05, 0.1) is 0 Å². The molecule has 0 radical (unpaired) electrons. The molecule has 1 heterocycles. The van der Waals surface area contributed by atoms with E-state index in [1.807, 2.05) is 0 Å². The van der Waals surface area contributed by atoms with Crippen molar-refractivity contribution in [3.05, 3.63) is 66.0 Å². The molecule has 3 aromatic rings. The Morgan fingerprint density at radius 1 is 0.923 bits per heavy atom. The molecule has 3 rings (SSSR count). The third-order valence-electron chi connectivity index (χ3n) is 5.18. The van der Waals surface area contributed by atoms with E-state index in [1.54, 1.807) is 0 Å². The average Bonchev–Trinajstić information content (AvgIpc) is 2.95. The monoisotopic (exact) mass is 350 g/mol. The minimum absolute atomic E-state index is 0.566. The van der Waals surface area contributed by atoms with Crippen molar-refractivity contribution in [3.8, 4) is 0 Å². The molecule has 2 aromatic carbocycles. The number of aromatic nitrogens is 2. The van der Waals surface area contributed by atoms with Crippen LogP contribution in [0.1, 0.15) is 38.8 Å². The molecule has 1 aromatic heterocycles. The Hall–Kier alpha value is -2.13. The first-order valence-corrected chi connectivity index (χ1v) is 9.74. The summed E-state index contributed by atoms with van der Waals surface area (Å²) in [5, 5.41) is 0. The smallest absolute Gasteiger partial charge is 0.245 e. The summed E-state index contributed by atoms with van der Waals surface area (Å²) in [5.74, 6) is 0. The van der Waals surface area contributed by atoms with Crippen LogP contribution < -0.4 is 4.57 Å². The second kappa shape index (κ2) is 8.05. The molecule has 0 aliphatic carbocycles. The van der Waals surface area contributed by atoms with Crippen LogP contribution in [0.4, 0.5) is 0 Å². The van der Waals surface area contributed by atoms with E-state index in [9.17, 15) is 0 Å². The van der Waals surface area contributed by atoms with Gasteiger partial charge in [-0.2, -0.15) is 0 Å². The van der Waals surface area contributed by atoms with E-state index >= 15 is 0 Å². The van der Waals surface area contributed by atoms with E-state index in [2.05, 4.69) is 104 Å². The van der Waals surface area contributed by atoms with Gasteiger partial charge in [-0.15, -0.1) is 0 Å². The molecule has 26 heavy (non-hydrogen) atoms. The number of benzene rings is 2. The number of fused-ring (bicyclic) bond motifs is 1. The summed E-state index contributed by atoms with van der Waals surface area (Å²) in [4.78, 5) is 2.55. The Labute approximate surface area is 157 Å². The van der Waals surface area contributed by atoms with Gasteiger partial charge in [-0.25, -0.2) is 9.13 Å². The zero-order chi connectivity index (χ0) is 18.7. The molecule has 0 saturated heterocycles. The highest BCUT2D eigenvalue weighted by Crippen LogP contribution is 2.13. The second-order valence-corrected chi connectivity index (χ2v) is 7.84. The van der Waals surface area contributed by atoms with E-state index in [-0.39, 0.29) is 0 Å². The van der Waals surface area contributed by atoms with Crippen LogP contribution in [0.2, 0.25) is 0 Å². The van der Waals surface area contributed by atoms with Crippen LogP contribution >= 0.6 is 0 Å². The van der Waals surface area contributed by atoms with Crippen LogP contribution in [0.25, 0.3) is 11.0 Å². The SMILES string of the molecule is Cc1ccc(C[n+]2cn(CCN(C(C)C)C(C)C)c3ccccc32)cc1. The van der Waals surface area contributed by atoms with Gasteiger partial charge in [0.15, 0.2) is 11.0 Å². The predicted octanol–water partition coefficient (Wildman–Crippen LogP) is 4.40. The molecule has 0 aliphatic rings. The molecule has 0 fully saturated rings. The predicted molar refractivity (Wildman–Crippen MR) is 109 cm³/mol. The summed E-state index contributed by atoms with van der Waals surface area (Å²) >= 11 is 0. The molecular weight excluding hydrogens is 318 g/mol. The second-order valence-electron chi connectivity index (χ2n) is 7.84. The molecule has 3 heteroatoms. The zero-order valence-electron chi connectivity index (χ0n) is 16.8. The average molecular weight is 351 g/mol. The lowest BCUT2D eigenvalue weighted by Crippen LogP contribution is -2.39. The molecule has 0 amide bonds. The first kappa shape index (κ1) is 18.7. The third kappa shape index (κ3) is 4.16. The molecule has 0 spiro atoms. The zero-order valence-corrected chi connectivity index (χ0v) is 16.8. The normalized spacial score (nSPS) is 12.0. The van der Waals surface area contributed by atoms with Gasteiger partial charge >= 0.3 is 0 Å². The minimum Gasteiger partial charge on any atom is -0.295 e. The largest absolute Gasteiger partial charge is 0.295 e. The first-order chi connectivity index (χ1) is 12.5. The molecule has 138 valence electrons. The lowest BCUT2D eigenvalue weighted by Gasteiger charge is -2.29. The Morgan fingerprint density at radius 2 is 1.58 bits per heavy atom. The summed E-state index contributed by atoms with van der Waals surface area (Å²) in [6, 6.07) is 18.7. The fourth-order valence-electron chi connectivity index (χ4n) is 3.77. The number of para-hydroxylation sites is 2. The highest BCUT2D eigenvalue weighted by molar-refractivity contribution is 5.71. The summed E-state index contributed by atoms with van der Waals surface area (Å²) < 4.78 is 4.77. The van der Waals surface area contributed by atoms with Gasteiger partial charge in [-0.1, -0.05) is 42.0 Å². The van der Waals surface area contributed by atoms with E-state index in [4.69, 9.17) is 0 Å². The summed E-state index contributed by atoms with van der Waals surface area (Å²) in [5.41, 5.74) is 5.26. The quantitative estimate of drug-likeness (QED) is 0.575. The number of hydrogen-bond acceptors (Lipinski definition) is 1. The number of rotatable bonds is 7. The van der Waals surface area contributed by atoms with Crippen molar-refractivity contribution < 1.29 is 4.57 Å². The Balaban J connectivity index is 1.86. The highest BCUT2D eigenvalue weighted by Gasteiger charge is 2.18. The van der Waals surface area contributed by atoms with Crippen LogP contribution in [0.5, 0.6) is 0 Å². The summed E-state index contributed by atoms with van der Waals surface area (Å²) in [6.45, 7) is 14.3. The van der Waals surface area contributed by atoms with E-state index in [1.165, 1.54) is 22.2 Å². The lowest BCUT2D eigenvalue weighted by atomic mass is 10.1. The molecule has 0 N–H and O–H groups in total. The van der Waals surface area contributed by atoms with Crippen LogP contribution in [-0.4, -0.2) is 28.1 Å². The highest BCUT2D eigenvalue weighted by atomic mass is 15.2. The standard InChI is InChI=1S/C23H32N3/c1-18(2)26(19(3)4)15-14-24-17-25(23-9-7-6-8-22(23)24)16-21-12-10-20(5)11-13-21/h6-13,17-19H,14-16H2,1-5H3/q+1. The maximum atomic E-state index is 2.55. The Morgan fingerprint density at radius 3 is 2.23 bits per heavy atom. The maximum Gasteiger partial charge on any atom is 0.245 e. The van der Waals surface area contributed by atoms with Crippen molar-refractivity contribution in [1.82, 2.24) is 9.47 Å². The van der Waals surface area contributed by atoms with Crippen LogP contribution in [0.3, 0.4) is 0 Å². The molecule has 0 atom stereocenters. The summed E-state index contributed by atoms with van der Waals surface area (Å²) in [7, 11) is 0. The van der Waals surface area contributed by atoms with Crippen molar-refractivity contribution in [1.29, 1.82) is 0 Å². The Bertz CT molecular complexity index is 836. The van der Waals surface area contributed by atoms with E-state index in [0.29, 0.717) is 12.1 Å². The van der Waals surface area contributed by atoms with Crippen molar-refractivity contribution >= 4 is 11.0 Å². The molecule has 0 saturated carbocycles. The van der Waals surface area contributed by atoms with Gasteiger partial charge in [-0.3, -0.25) is 4.90 Å². The third-order valence-corrected chi connectivity index (χ3v) is 5.18. The molecule has 0 bridgehead atoms. The van der Waals surface area contributed by atoms with Gasteiger partial charge in [-0.05, 0) is 52.3 Å². The van der Waals surface area contributed by atoms with Crippen molar-refractivity contribution in [2.45, 2.75) is 59.8 Å². The fraction of sp³-hybridized carbons (Fsp3) is 0.435. The topological polar surface area (TPSA) is 12.0 Å².